The summed E-state index contributed by atoms with van der Waals surface area (Å²) in [6.07, 6.45) is 5.15. The van der Waals surface area contributed by atoms with E-state index in [1.807, 2.05) is 13.8 Å². The van der Waals surface area contributed by atoms with Crippen LogP contribution in [0.1, 0.15) is 39.5 Å². The van der Waals surface area contributed by atoms with E-state index in [2.05, 4.69) is 25.6 Å². The van der Waals surface area contributed by atoms with Crippen molar-refractivity contribution in [2.45, 2.75) is 51.6 Å². The minimum absolute atomic E-state index is 0. The van der Waals surface area contributed by atoms with E-state index in [9.17, 15) is 4.79 Å². The zero-order valence-corrected chi connectivity index (χ0v) is 16.4. The minimum atomic E-state index is -0.0837. The highest BCUT2D eigenvalue weighted by molar-refractivity contribution is 6.30. The summed E-state index contributed by atoms with van der Waals surface area (Å²) < 4.78 is 0. The maximum atomic E-state index is 12.5. The van der Waals surface area contributed by atoms with Gasteiger partial charge in [0.15, 0.2) is 5.82 Å². The average molecular weight is 399 g/mol. The van der Waals surface area contributed by atoms with Crippen LogP contribution in [-0.4, -0.2) is 32.9 Å². The molecule has 0 aliphatic heterocycles. The number of nitrogens with two attached hydrogens (primary N) is 1. The summed E-state index contributed by atoms with van der Waals surface area (Å²) in [6.45, 7) is 4.01. The largest absolute Gasteiger partial charge is 0.366 e. The molecule has 0 saturated heterocycles. The van der Waals surface area contributed by atoms with Gasteiger partial charge in [-0.2, -0.15) is 0 Å². The second-order valence-electron chi connectivity index (χ2n) is 6.84. The standard InChI is InChI=1S/C17H23ClN6O.ClH/c1-9(2)21-15-14-11(7-13(18)22-15)8-20-17(23-14)24-16(25)10-4-3-5-12(19)6-10;/h7-10,12H,3-6,19H2,1-2H3,(H,21,22)(H,20,23,24,25);1H/t10-,12+;/m0./s1. The predicted molar refractivity (Wildman–Crippen MR) is 107 cm³/mol. The summed E-state index contributed by atoms with van der Waals surface area (Å²) in [5.41, 5.74) is 6.60. The van der Waals surface area contributed by atoms with Gasteiger partial charge in [-0.15, -0.1) is 12.4 Å². The molecule has 1 amide bonds. The van der Waals surface area contributed by atoms with Crippen molar-refractivity contribution >= 4 is 52.6 Å². The Bertz CT molecular complexity index is 785. The van der Waals surface area contributed by atoms with E-state index in [0.717, 1.165) is 24.6 Å². The van der Waals surface area contributed by atoms with Gasteiger partial charge in [-0.05, 0) is 39.2 Å². The fourth-order valence-electron chi connectivity index (χ4n) is 3.12. The van der Waals surface area contributed by atoms with Gasteiger partial charge < -0.3 is 11.1 Å². The molecule has 9 heteroatoms. The molecule has 1 aliphatic carbocycles. The summed E-state index contributed by atoms with van der Waals surface area (Å²) in [5.74, 6) is 0.692. The first-order valence-electron chi connectivity index (χ1n) is 8.58. The molecule has 1 fully saturated rings. The molecule has 0 aromatic carbocycles. The van der Waals surface area contributed by atoms with E-state index in [0.29, 0.717) is 22.9 Å². The van der Waals surface area contributed by atoms with Gasteiger partial charge in [-0.25, -0.2) is 15.0 Å². The molecule has 2 heterocycles. The lowest BCUT2D eigenvalue weighted by Gasteiger charge is -2.25. The van der Waals surface area contributed by atoms with Gasteiger partial charge >= 0.3 is 0 Å². The number of nitrogens with zero attached hydrogens (tertiary/aromatic N) is 3. The Kier molecular flexibility index (Phi) is 6.97. The number of nitrogens with one attached hydrogen (secondary N) is 2. The number of carbonyl (C=O) groups is 1. The van der Waals surface area contributed by atoms with Crippen molar-refractivity contribution in [1.29, 1.82) is 0 Å². The van der Waals surface area contributed by atoms with Crippen LogP contribution in [0.3, 0.4) is 0 Å². The van der Waals surface area contributed by atoms with E-state index in [1.165, 1.54) is 0 Å². The normalized spacial score (nSPS) is 19.9. The first kappa shape index (κ1) is 20.6. The fourth-order valence-corrected chi connectivity index (χ4v) is 3.32. The van der Waals surface area contributed by atoms with Gasteiger partial charge in [0.25, 0.3) is 0 Å². The van der Waals surface area contributed by atoms with E-state index < -0.39 is 0 Å². The molecule has 2 aromatic heterocycles. The number of hydrogen-bond donors (Lipinski definition) is 3. The van der Waals surface area contributed by atoms with Crippen LogP contribution in [0, 0.1) is 5.92 Å². The zero-order valence-electron chi connectivity index (χ0n) is 14.8. The van der Waals surface area contributed by atoms with E-state index in [4.69, 9.17) is 17.3 Å². The third kappa shape index (κ3) is 4.93. The molecular weight excluding hydrogens is 375 g/mol. The molecular formula is C17H24Cl2N6O. The molecule has 7 nitrogen and oxygen atoms in total. The van der Waals surface area contributed by atoms with Crippen LogP contribution in [0.2, 0.25) is 5.15 Å². The van der Waals surface area contributed by atoms with E-state index in [1.54, 1.807) is 12.3 Å². The van der Waals surface area contributed by atoms with Crippen LogP contribution in [0.4, 0.5) is 11.8 Å². The molecule has 1 aliphatic rings. The number of pyridine rings is 1. The quantitative estimate of drug-likeness (QED) is 0.681. The van der Waals surface area contributed by atoms with Gasteiger partial charge in [0.05, 0.1) is 0 Å². The molecule has 4 N–H and O–H groups in total. The summed E-state index contributed by atoms with van der Waals surface area (Å²) in [7, 11) is 0. The van der Waals surface area contributed by atoms with Crippen LogP contribution < -0.4 is 16.4 Å². The Morgan fingerprint density at radius 3 is 2.81 bits per heavy atom. The minimum Gasteiger partial charge on any atom is -0.366 e. The van der Waals surface area contributed by atoms with Crippen molar-refractivity contribution in [2.24, 2.45) is 11.7 Å². The van der Waals surface area contributed by atoms with Gasteiger partial charge in [0.2, 0.25) is 11.9 Å². The van der Waals surface area contributed by atoms with Crippen molar-refractivity contribution in [2.75, 3.05) is 10.6 Å². The van der Waals surface area contributed by atoms with Crippen molar-refractivity contribution in [3.05, 3.63) is 17.4 Å². The fraction of sp³-hybridized carbons (Fsp3) is 0.529. The predicted octanol–water partition coefficient (Wildman–Crippen LogP) is 3.38. The number of amides is 1. The smallest absolute Gasteiger partial charge is 0.230 e. The summed E-state index contributed by atoms with van der Waals surface area (Å²) in [4.78, 5) is 25.5. The van der Waals surface area contributed by atoms with Crippen LogP contribution >= 0.6 is 24.0 Å². The number of fused-ring (bicyclic) bond motifs is 1. The summed E-state index contributed by atoms with van der Waals surface area (Å²) >= 11 is 6.06. The maximum Gasteiger partial charge on any atom is 0.230 e. The van der Waals surface area contributed by atoms with Crippen molar-refractivity contribution < 1.29 is 4.79 Å². The molecule has 0 unspecified atom stereocenters. The third-order valence-corrected chi connectivity index (χ3v) is 4.47. The lowest BCUT2D eigenvalue weighted by atomic mass is 9.85. The molecule has 1 saturated carbocycles. The zero-order chi connectivity index (χ0) is 18.0. The van der Waals surface area contributed by atoms with Gasteiger partial charge in [0.1, 0.15) is 10.7 Å². The number of carbonyl (C=O) groups excluding carboxylic acids is 1. The van der Waals surface area contributed by atoms with Crippen LogP contribution in [0.15, 0.2) is 12.3 Å². The number of hydrogen-bond acceptors (Lipinski definition) is 6. The second-order valence-corrected chi connectivity index (χ2v) is 7.22. The van der Waals surface area contributed by atoms with Crippen LogP contribution in [-0.2, 0) is 4.79 Å². The third-order valence-electron chi connectivity index (χ3n) is 4.28. The molecule has 142 valence electrons. The molecule has 0 bridgehead atoms. The second kappa shape index (κ2) is 8.79. The van der Waals surface area contributed by atoms with Gasteiger partial charge in [0, 0.05) is 29.6 Å². The summed E-state index contributed by atoms with van der Waals surface area (Å²) in [5, 5.41) is 7.17. The Morgan fingerprint density at radius 1 is 1.35 bits per heavy atom. The number of aromatic nitrogens is 3. The highest BCUT2D eigenvalue weighted by Gasteiger charge is 2.26. The summed E-state index contributed by atoms with van der Waals surface area (Å²) in [6, 6.07) is 1.97. The van der Waals surface area contributed by atoms with Crippen LogP contribution in [0.25, 0.3) is 10.9 Å². The monoisotopic (exact) mass is 398 g/mol. The number of halogens is 2. The van der Waals surface area contributed by atoms with E-state index in [-0.39, 0.29) is 42.3 Å². The highest BCUT2D eigenvalue weighted by Crippen LogP contribution is 2.26. The molecule has 2 aromatic rings. The number of rotatable bonds is 4. The Morgan fingerprint density at radius 2 is 2.12 bits per heavy atom. The maximum absolute atomic E-state index is 12.5. The Labute approximate surface area is 163 Å². The molecule has 26 heavy (non-hydrogen) atoms. The molecule has 0 radical (unpaired) electrons. The van der Waals surface area contributed by atoms with E-state index >= 15 is 0 Å². The van der Waals surface area contributed by atoms with Crippen LogP contribution in [0.5, 0.6) is 0 Å². The topological polar surface area (TPSA) is 106 Å². The highest BCUT2D eigenvalue weighted by atomic mass is 35.5. The first-order valence-corrected chi connectivity index (χ1v) is 8.96. The van der Waals surface area contributed by atoms with Crippen molar-refractivity contribution in [1.82, 2.24) is 15.0 Å². The van der Waals surface area contributed by atoms with Crippen molar-refractivity contribution in [3.8, 4) is 0 Å². The molecule has 3 rings (SSSR count). The number of anilines is 2. The lowest BCUT2D eigenvalue weighted by Crippen LogP contribution is -2.34. The van der Waals surface area contributed by atoms with Gasteiger partial charge in [-0.3, -0.25) is 10.1 Å². The average Bonchev–Trinajstić information content (AvgIpc) is 2.54. The lowest BCUT2D eigenvalue weighted by molar-refractivity contribution is -0.120. The molecule has 2 atom stereocenters. The molecule has 0 spiro atoms. The first-order chi connectivity index (χ1) is 11.9. The Balaban J connectivity index is 0.00000243. The SMILES string of the molecule is CC(C)Nc1nc(Cl)cc2cnc(NC(=O)[C@H]3CCC[C@@H](N)C3)nc12.Cl. The Hall–Kier alpha value is -1.70. The van der Waals surface area contributed by atoms with Crippen molar-refractivity contribution in [3.63, 3.8) is 0 Å². The van der Waals surface area contributed by atoms with Gasteiger partial charge in [-0.1, -0.05) is 18.0 Å².